The monoisotopic (exact) mass is 223 g/mol. The minimum absolute atomic E-state index is 0.821. The number of hydrogen-bond donors (Lipinski definition) is 2. The zero-order valence-corrected chi connectivity index (χ0v) is 9.56. The van der Waals surface area contributed by atoms with Gasteiger partial charge in [0, 0.05) is 17.8 Å². The van der Waals surface area contributed by atoms with E-state index in [1.807, 2.05) is 6.92 Å². The standard InChI is InChI=1S/C9H13N5S/c1-6-7(2)15-9(13-6)10-4-3-8-11-5-12-14-8/h5H,3-4H2,1-2H3,(H,10,13)(H,11,12,14). The van der Waals surface area contributed by atoms with Gasteiger partial charge in [-0.15, -0.1) is 11.3 Å². The molecule has 0 spiro atoms. The van der Waals surface area contributed by atoms with Crippen LogP contribution in [0.4, 0.5) is 5.13 Å². The molecule has 80 valence electrons. The van der Waals surface area contributed by atoms with Gasteiger partial charge in [0.2, 0.25) is 0 Å². The quantitative estimate of drug-likeness (QED) is 0.825. The maximum absolute atomic E-state index is 4.39. The summed E-state index contributed by atoms with van der Waals surface area (Å²) in [5, 5.41) is 10.9. The molecule has 0 unspecified atom stereocenters. The molecule has 15 heavy (non-hydrogen) atoms. The highest BCUT2D eigenvalue weighted by Crippen LogP contribution is 2.20. The maximum atomic E-state index is 4.39. The molecule has 2 aromatic heterocycles. The van der Waals surface area contributed by atoms with Gasteiger partial charge in [0.15, 0.2) is 5.13 Å². The van der Waals surface area contributed by atoms with E-state index in [1.54, 1.807) is 11.3 Å². The molecule has 2 aromatic rings. The van der Waals surface area contributed by atoms with E-state index in [-0.39, 0.29) is 0 Å². The molecule has 0 radical (unpaired) electrons. The number of nitrogens with one attached hydrogen (secondary N) is 2. The number of anilines is 1. The van der Waals surface area contributed by atoms with Crippen molar-refractivity contribution >= 4 is 16.5 Å². The zero-order chi connectivity index (χ0) is 10.7. The second kappa shape index (κ2) is 4.39. The molecule has 0 aliphatic carbocycles. The number of nitrogens with zero attached hydrogens (tertiary/aromatic N) is 3. The molecule has 0 aromatic carbocycles. The van der Waals surface area contributed by atoms with Crippen LogP contribution in [0.1, 0.15) is 16.4 Å². The van der Waals surface area contributed by atoms with Gasteiger partial charge in [0.25, 0.3) is 0 Å². The van der Waals surface area contributed by atoms with Crippen LogP contribution in [0.3, 0.4) is 0 Å². The van der Waals surface area contributed by atoms with Crippen molar-refractivity contribution in [2.75, 3.05) is 11.9 Å². The average Bonchev–Trinajstić information content (AvgIpc) is 2.79. The molecule has 2 N–H and O–H groups in total. The maximum Gasteiger partial charge on any atom is 0.183 e. The lowest BCUT2D eigenvalue weighted by molar-refractivity contribution is 0.899. The number of rotatable bonds is 4. The second-order valence-electron chi connectivity index (χ2n) is 3.27. The fourth-order valence-electron chi connectivity index (χ4n) is 1.19. The van der Waals surface area contributed by atoms with Gasteiger partial charge in [-0.2, -0.15) is 5.10 Å². The van der Waals surface area contributed by atoms with E-state index in [1.165, 1.54) is 11.2 Å². The van der Waals surface area contributed by atoms with Crippen LogP contribution in [-0.4, -0.2) is 26.7 Å². The Bertz CT molecular complexity index is 400. The van der Waals surface area contributed by atoms with Crippen molar-refractivity contribution in [3.63, 3.8) is 0 Å². The fraction of sp³-hybridized carbons (Fsp3) is 0.444. The van der Waals surface area contributed by atoms with Gasteiger partial charge < -0.3 is 5.32 Å². The van der Waals surface area contributed by atoms with E-state index in [0.717, 1.165) is 29.6 Å². The summed E-state index contributed by atoms with van der Waals surface area (Å²) in [4.78, 5) is 9.70. The lowest BCUT2D eigenvalue weighted by Crippen LogP contribution is -2.05. The van der Waals surface area contributed by atoms with Crippen LogP contribution in [0.25, 0.3) is 0 Å². The Morgan fingerprint density at radius 1 is 1.47 bits per heavy atom. The van der Waals surface area contributed by atoms with Crippen LogP contribution in [0.2, 0.25) is 0 Å². The Hall–Kier alpha value is -1.43. The summed E-state index contributed by atoms with van der Waals surface area (Å²) in [6.07, 6.45) is 2.35. The fourth-order valence-corrected chi connectivity index (χ4v) is 2.03. The lowest BCUT2D eigenvalue weighted by Gasteiger charge is -1.98. The van der Waals surface area contributed by atoms with Crippen LogP contribution >= 0.6 is 11.3 Å². The number of aromatic amines is 1. The molecule has 0 bridgehead atoms. The number of aromatic nitrogens is 4. The number of hydrogen-bond acceptors (Lipinski definition) is 5. The summed E-state index contributed by atoms with van der Waals surface area (Å²) < 4.78 is 0. The predicted molar refractivity (Wildman–Crippen MR) is 60.2 cm³/mol. The number of H-pyrrole nitrogens is 1. The number of thiazole rings is 1. The summed E-state index contributed by atoms with van der Waals surface area (Å²) in [7, 11) is 0. The Morgan fingerprint density at radius 3 is 2.93 bits per heavy atom. The van der Waals surface area contributed by atoms with Gasteiger partial charge in [-0.25, -0.2) is 9.97 Å². The molecule has 0 aliphatic rings. The van der Waals surface area contributed by atoms with Crippen molar-refractivity contribution < 1.29 is 0 Å². The highest BCUT2D eigenvalue weighted by Gasteiger charge is 2.02. The smallest absolute Gasteiger partial charge is 0.183 e. The first kappa shape index (κ1) is 10.1. The molecule has 0 saturated heterocycles. The summed E-state index contributed by atoms with van der Waals surface area (Å²) in [6.45, 7) is 4.92. The zero-order valence-electron chi connectivity index (χ0n) is 8.74. The first-order valence-corrected chi connectivity index (χ1v) is 5.59. The van der Waals surface area contributed by atoms with E-state index < -0.39 is 0 Å². The van der Waals surface area contributed by atoms with Crippen molar-refractivity contribution in [1.82, 2.24) is 20.2 Å². The molecular formula is C9H13N5S. The summed E-state index contributed by atoms with van der Waals surface area (Å²) in [5.74, 6) is 0.896. The molecule has 6 heteroatoms. The van der Waals surface area contributed by atoms with Crippen LogP contribution in [0, 0.1) is 13.8 Å². The van der Waals surface area contributed by atoms with E-state index in [0.29, 0.717) is 0 Å². The van der Waals surface area contributed by atoms with Crippen molar-refractivity contribution in [3.05, 3.63) is 22.7 Å². The van der Waals surface area contributed by atoms with E-state index >= 15 is 0 Å². The average molecular weight is 223 g/mol. The second-order valence-corrected chi connectivity index (χ2v) is 4.47. The molecule has 0 atom stereocenters. The normalized spacial score (nSPS) is 10.5. The minimum Gasteiger partial charge on any atom is -0.361 e. The largest absolute Gasteiger partial charge is 0.361 e. The molecule has 0 saturated carbocycles. The highest BCUT2D eigenvalue weighted by atomic mass is 32.1. The molecule has 2 rings (SSSR count). The van der Waals surface area contributed by atoms with E-state index in [4.69, 9.17) is 0 Å². The first-order chi connectivity index (χ1) is 7.25. The Morgan fingerprint density at radius 2 is 2.33 bits per heavy atom. The molecular weight excluding hydrogens is 210 g/mol. The van der Waals surface area contributed by atoms with Crippen molar-refractivity contribution in [3.8, 4) is 0 Å². The minimum atomic E-state index is 0.821. The van der Waals surface area contributed by atoms with Gasteiger partial charge in [-0.3, -0.25) is 5.10 Å². The van der Waals surface area contributed by atoms with Crippen molar-refractivity contribution in [2.45, 2.75) is 20.3 Å². The molecule has 0 amide bonds. The third kappa shape index (κ3) is 2.53. The molecule has 2 heterocycles. The van der Waals surface area contributed by atoms with Gasteiger partial charge in [0.1, 0.15) is 12.2 Å². The van der Waals surface area contributed by atoms with Gasteiger partial charge in [-0.1, -0.05) is 0 Å². The third-order valence-electron chi connectivity index (χ3n) is 2.13. The Kier molecular flexibility index (Phi) is 2.96. The first-order valence-electron chi connectivity index (χ1n) is 4.78. The summed E-state index contributed by atoms with van der Waals surface area (Å²) >= 11 is 1.68. The highest BCUT2D eigenvalue weighted by molar-refractivity contribution is 7.15. The Labute approximate surface area is 92.0 Å². The van der Waals surface area contributed by atoms with Gasteiger partial charge in [0.05, 0.1) is 5.69 Å². The van der Waals surface area contributed by atoms with Crippen LogP contribution in [0.5, 0.6) is 0 Å². The summed E-state index contributed by atoms with van der Waals surface area (Å²) in [6, 6.07) is 0. The lowest BCUT2D eigenvalue weighted by atomic mass is 10.4. The van der Waals surface area contributed by atoms with E-state index in [9.17, 15) is 0 Å². The predicted octanol–water partition coefficient (Wildman–Crippen LogP) is 1.53. The van der Waals surface area contributed by atoms with E-state index in [2.05, 4.69) is 32.4 Å². The number of aryl methyl sites for hydroxylation is 2. The van der Waals surface area contributed by atoms with Gasteiger partial charge >= 0.3 is 0 Å². The topological polar surface area (TPSA) is 66.5 Å². The van der Waals surface area contributed by atoms with Crippen LogP contribution < -0.4 is 5.32 Å². The summed E-state index contributed by atoms with van der Waals surface area (Å²) in [5.41, 5.74) is 1.10. The van der Waals surface area contributed by atoms with Crippen LogP contribution in [0.15, 0.2) is 6.33 Å². The third-order valence-corrected chi connectivity index (χ3v) is 3.16. The van der Waals surface area contributed by atoms with Crippen molar-refractivity contribution in [1.29, 1.82) is 0 Å². The van der Waals surface area contributed by atoms with Gasteiger partial charge in [-0.05, 0) is 13.8 Å². The Balaban J connectivity index is 1.83. The van der Waals surface area contributed by atoms with Crippen LogP contribution in [-0.2, 0) is 6.42 Å². The SMILES string of the molecule is Cc1nc(NCCc2ncn[nH]2)sc1C. The molecule has 0 fully saturated rings. The van der Waals surface area contributed by atoms with Crippen molar-refractivity contribution in [2.24, 2.45) is 0 Å². The molecule has 0 aliphatic heterocycles. The molecule has 5 nitrogen and oxygen atoms in total.